The first kappa shape index (κ1) is 11.2. The predicted molar refractivity (Wildman–Crippen MR) is 55.9 cm³/mol. The van der Waals surface area contributed by atoms with Crippen LogP contribution in [0.1, 0.15) is 32.7 Å². The van der Waals surface area contributed by atoms with Crippen LogP contribution in [-0.4, -0.2) is 26.7 Å². The van der Waals surface area contributed by atoms with E-state index in [2.05, 4.69) is 31.1 Å². The maximum Gasteiger partial charge on any atom is 0.138 e. The zero-order valence-electron chi connectivity index (χ0n) is 9.28. The highest BCUT2D eigenvalue weighted by molar-refractivity contribution is 4.96. The molecule has 1 rings (SSSR count). The molecule has 0 radical (unpaired) electrons. The maximum absolute atomic E-state index is 9.81. The standard InChI is InChI=1S/C10H19N3O/c1-10(2,3)12-7-8(14)9-11-5-6-13(9)4/h5-6,8,12,14H,7H2,1-4H3. The van der Waals surface area contributed by atoms with Gasteiger partial charge in [0.25, 0.3) is 0 Å². The summed E-state index contributed by atoms with van der Waals surface area (Å²) in [6.07, 6.45) is 2.97. The number of aryl methyl sites for hydroxylation is 1. The monoisotopic (exact) mass is 197 g/mol. The van der Waals surface area contributed by atoms with Crippen LogP contribution in [0.15, 0.2) is 12.4 Å². The lowest BCUT2D eigenvalue weighted by atomic mass is 10.1. The van der Waals surface area contributed by atoms with Crippen LogP contribution in [0.3, 0.4) is 0 Å². The summed E-state index contributed by atoms with van der Waals surface area (Å²) in [5.41, 5.74) is 0.0200. The van der Waals surface area contributed by atoms with E-state index < -0.39 is 6.10 Å². The van der Waals surface area contributed by atoms with E-state index in [0.29, 0.717) is 12.4 Å². The first-order valence-electron chi connectivity index (χ1n) is 4.80. The molecule has 4 nitrogen and oxygen atoms in total. The average Bonchev–Trinajstić information content (AvgIpc) is 2.46. The lowest BCUT2D eigenvalue weighted by Gasteiger charge is -2.22. The number of imidazole rings is 1. The summed E-state index contributed by atoms with van der Waals surface area (Å²) < 4.78 is 1.83. The molecule has 0 aromatic carbocycles. The number of β-amino-alcohol motifs (C(OH)–C–C–N with tert-alkyl or cyclic N) is 1. The molecular formula is C10H19N3O. The van der Waals surface area contributed by atoms with Crippen LogP contribution >= 0.6 is 0 Å². The van der Waals surface area contributed by atoms with Crippen molar-refractivity contribution in [3.63, 3.8) is 0 Å². The second kappa shape index (κ2) is 4.11. The van der Waals surface area contributed by atoms with Crippen LogP contribution in [0.5, 0.6) is 0 Å². The van der Waals surface area contributed by atoms with E-state index in [1.54, 1.807) is 6.20 Å². The molecule has 80 valence electrons. The van der Waals surface area contributed by atoms with Gasteiger partial charge in [-0.15, -0.1) is 0 Å². The molecule has 0 amide bonds. The molecule has 14 heavy (non-hydrogen) atoms. The summed E-state index contributed by atoms with van der Waals surface area (Å²) in [6.45, 7) is 6.72. The van der Waals surface area contributed by atoms with E-state index >= 15 is 0 Å². The molecule has 1 heterocycles. The Kier molecular flexibility index (Phi) is 3.29. The number of hydrogen-bond donors (Lipinski definition) is 2. The van der Waals surface area contributed by atoms with Gasteiger partial charge in [-0.3, -0.25) is 0 Å². The SMILES string of the molecule is Cn1ccnc1C(O)CNC(C)(C)C. The zero-order chi connectivity index (χ0) is 10.8. The fourth-order valence-electron chi connectivity index (χ4n) is 1.19. The lowest BCUT2D eigenvalue weighted by Crippen LogP contribution is -2.39. The van der Waals surface area contributed by atoms with Gasteiger partial charge in [-0.25, -0.2) is 4.98 Å². The third kappa shape index (κ3) is 3.12. The molecule has 0 spiro atoms. The van der Waals surface area contributed by atoms with Crippen molar-refractivity contribution >= 4 is 0 Å². The fraction of sp³-hybridized carbons (Fsp3) is 0.700. The quantitative estimate of drug-likeness (QED) is 0.755. The first-order valence-corrected chi connectivity index (χ1v) is 4.80. The van der Waals surface area contributed by atoms with Crippen molar-refractivity contribution in [2.45, 2.75) is 32.4 Å². The molecule has 0 saturated heterocycles. The van der Waals surface area contributed by atoms with Gasteiger partial charge in [0.2, 0.25) is 0 Å². The highest BCUT2D eigenvalue weighted by Gasteiger charge is 2.15. The van der Waals surface area contributed by atoms with Crippen LogP contribution in [-0.2, 0) is 7.05 Å². The first-order chi connectivity index (χ1) is 6.40. The summed E-state index contributed by atoms with van der Waals surface area (Å²) >= 11 is 0. The number of aliphatic hydroxyl groups excluding tert-OH is 1. The minimum Gasteiger partial charge on any atom is -0.384 e. The maximum atomic E-state index is 9.81. The molecule has 1 aromatic heterocycles. The van der Waals surface area contributed by atoms with E-state index in [1.165, 1.54) is 0 Å². The van der Waals surface area contributed by atoms with Gasteiger partial charge < -0.3 is 15.0 Å². The van der Waals surface area contributed by atoms with Gasteiger partial charge in [-0.1, -0.05) is 0 Å². The van der Waals surface area contributed by atoms with Crippen LogP contribution in [0.4, 0.5) is 0 Å². The van der Waals surface area contributed by atoms with Gasteiger partial charge in [0, 0.05) is 31.5 Å². The Labute approximate surface area is 85.0 Å². The van der Waals surface area contributed by atoms with Gasteiger partial charge in [-0.2, -0.15) is 0 Å². The van der Waals surface area contributed by atoms with Crippen LogP contribution in [0, 0.1) is 0 Å². The summed E-state index contributed by atoms with van der Waals surface area (Å²) in [6, 6.07) is 0. The highest BCUT2D eigenvalue weighted by atomic mass is 16.3. The Morgan fingerprint density at radius 2 is 2.21 bits per heavy atom. The Balaban J connectivity index is 2.51. The second-order valence-electron chi connectivity index (χ2n) is 4.54. The normalized spacial score (nSPS) is 14.4. The van der Waals surface area contributed by atoms with E-state index in [4.69, 9.17) is 0 Å². The number of aliphatic hydroxyl groups is 1. The predicted octanol–water partition coefficient (Wildman–Crippen LogP) is 0.842. The topological polar surface area (TPSA) is 50.1 Å². The number of nitrogens with zero attached hydrogens (tertiary/aromatic N) is 2. The average molecular weight is 197 g/mol. The number of aromatic nitrogens is 2. The van der Waals surface area contributed by atoms with E-state index in [-0.39, 0.29) is 5.54 Å². The molecule has 0 fully saturated rings. The molecule has 0 aliphatic carbocycles. The minimum absolute atomic E-state index is 0.0200. The van der Waals surface area contributed by atoms with Crippen LogP contribution < -0.4 is 5.32 Å². The summed E-state index contributed by atoms with van der Waals surface area (Å²) in [7, 11) is 1.88. The van der Waals surface area contributed by atoms with Crippen molar-refractivity contribution in [2.24, 2.45) is 7.05 Å². The fourth-order valence-corrected chi connectivity index (χ4v) is 1.19. The third-order valence-electron chi connectivity index (χ3n) is 1.98. The van der Waals surface area contributed by atoms with Crippen molar-refractivity contribution in [3.8, 4) is 0 Å². The van der Waals surface area contributed by atoms with Crippen molar-refractivity contribution in [1.29, 1.82) is 0 Å². The lowest BCUT2D eigenvalue weighted by molar-refractivity contribution is 0.151. The van der Waals surface area contributed by atoms with Crippen LogP contribution in [0.25, 0.3) is 0 Å². The molecule has 1 unspecified atom stereocenters. The van der Waals surface area contributed by atoms with E-state index in [1.807, 2.05) is 17.8 Å². The summed E-state index contributed by atoms with van der Waals surface area (Å²) in [5.74, 6) is 0.696. The van der Waals surface area contributed by atoms with Crippen LogP contribution in [0.2, 0.25) is 0 Å². The van der Waals surface area contributed by atoms with Crippen molar-refractivity contribution in [2.75, 3.05) is 6.54 Å². The summed E-state index contributed by atoms with van der Waals surface area (Å²) in [4.78, 5) is 4.09. The highest BCUT2D eigenvalue weighted by Crippen LogP contribution is 2.09. The smallest absolute Gasteiger partial charge is 0.138 e. The molecule has 1 aromatic rings. The zero-order valence-corrected chi connectivity index (χ0v) is 9.28. The Bertz CT molecular complexity index is 288. The van der Waals surface area contributed by atoms with Gasteiger partial charge >= 0.3 is 0 Å². The minimum atomic E-state index is -0.547. The molecule has 4 heteroatoms. The molecule has 0 aliphatic heterocycles. The second-order valence-corrected chi connectivity index (χ2v) is 4.54. The molecule has 0 aliphatic rings. The number of rotatable bonds is 3. The molecule has 1 atom stereocenters. The van der Waals surface area contributed by atoms with Crippen molar-refractivity contribution in [1.82, 2.24) is 14.9 Å². The summed E-state index contributed by atoms with van der Waals surface area (Å²) in [5, 5.41) is 13.0. The van der Waals surface area contributed by atoms with Gasteiger partial charge in [0.15, 0.2) is 0 Å². The van der Waals surface area contributed by atoms with Crippen molar-refractivity contribution in [3.05, 3.63) is 18.2 Å². The third-order valence-corrected chi connectivity index (χ3v) is 1.98. The number of hydrogen-bond acceptors (Lipinski definition) is 3. The molecule has 0 saturated carbocycles. The van der Waals surface area contributed by atoms with Crippen molar-refractivity contribution < 1.29 is 5.11 Å². The van der Waals surface area contributed by atoms with Gasteiger partial charge in [0.05, 0.1) is 0 Å². The Hall–Kier alpha value is -0.870. The molecule has 0 bridgehead atoms. The van der Waals surface area contributed by atoms with Gasteiger partial charge in [-0.05, 0) is 20.8 Å². The largest absolute Gasteiger partial charge is 0.384 e. The Morgan fingerprint density at radius 1 is 1.57 bits per heavy atom. The molecular weight excluding hydrogens is 178 g/mol. The van der Waals surface area contributed by atoms with E-state index in [0.717, 1.165) is 0 Å². The van der Waals surface area contributed by atoms with E-state index in [9.17, 15) is 5.11 Å². The number of nitrogens with one attached hydrogen (secondary N) is 1. The molecule has 2 N–H and O–H groups in total. The Morgan fingerprint density at radius 3 is 2.64 bits per heavy atom. The van der Waals surface area contributed by atoms with Gasteiger partial charge in [0.1, 0.15) is 11.9 Å².